The molecule has 0 aliphatic carbocycles. The van der Waals surface area contributed by atoms with Crippen molar-refractivity contribution in [3.63, 3.8) is 0 Å². The summed E-state index contributed by atoms with van der Waals surface area (Å²) in [7, 11) is 5.73. The lowest BCUT2D eigenvalue weighted by Gasteiger charge is -2.37. The van der Waals surface area contributed by atoms with Gasteiger partial charge in [0, 0.05) is 44.2 Å². The van der Waals surface area contributed by atoms with E-state index in [0.29, 0.717) is 11.6 Å². The number of anilines is 1. The molecule has 1 aromatic heterocycles. The Morgan fingerprint density at radius 2 is 2.00 bits per heavy atom. The van der Waals surface area contributed by atoms with Crippen molar-refractivity contribution in [2.24, 2.45) is 13.0 Å². The number of rotatable bonds is 6. The second-order valence-corrected chi connectivity index (χ2v) is 7.64. The van der Waals surface area contributed by atoms with Gasteiger partial charge in [0.15, 0.2) is 5.82 Å². The van der Waals surface area contributed by atoms with Crippen molar-refractivity contribution in [3.8, 4) is 0 Å². The highest BCUT2D eigenvalue weighted by molar-refractivity contribution is 6.07. The van der Waals surface area contributed by atoms with Crippen LogP contribution in [0.5, 0.6) is 0 Å². The first kappa shape index (κ1) is 20.0. The Hall–Kier alpha value is -2.74. The quantitative estimate of drug-likeness (QED) is 0.432. The Balaban J connectivity index is 1.88. The van der Waals surface area contributed by atoms with Gasteiger partial charge in [-0.1, -0.05) is 0 Å². The van der Waals surface area contributed by atoms with Gasteiger partial charge in [-0.3, -0.25) is 14.9 Å². The summed E-state index contributed by atoms with van der Waals surface area (Å²) in [4.78, 5) is 32.3. The van der Waals surface area contributed by atoms with E-state index in [-0.39, 0.29) is 28.9 Å². The molecule has 2 heterocycles. The zero-order valence-electron chi connectivity index (χ0n) is 16.8. The Bertz CT molecular complexity index is 870. The number of aryl methyl sites for hydroxylation is 1. The Morgan fingerprint density at radius 3 is 2.57 bits per heavy atom. The predicted octanol–water partition coefficient (Wildman–Crippen LogP) is 2.73. The topological polar surface area (TPSA) is 84.5 Å². The third kappa shape index (κ3) is 3.91. The highest BCUT2D eigenvalue weighted by Crippen LogP contribution is 2.33. The third-order valence-corrected chi connectivity index (χ3v) is 5.89. The van der Waals surface area contributed by atoms with E-state index in [1.165, 1.54) is 12.3 Å². The average molecular weight is 385 g/mol. The van der Waals surface area contributed by atoms with Gasteiger partial charge in [0.2, 0.25) is 5.78 Å². The van der Waals surface area contributed by atoms with E-state index in [9.17, 15) is 14.9 Å². The summed E-state index contributed by atoms with van der Waals surface area (Å²) < 4.78 is 1.61. The monoisotopic (exact) mass is 385 g/mol. The van der Waals surface area contributed by atoms with Crippen molar-refractivity contribution < 1.29 is 9.72 Å². The number of carbonyl (C=O) groups excluding carboxylic acids is 1. The molecule has 3 rings (SSSR count). The maximum Gasteiger partial charge on any atom is 0.293 e. The molecule has 1 saturated heterocycles. The van der Waals surface area contributed by atoms with Gasteiger partial charge in [-0.05, 0) is 58.0 Å². The highest BCUT2D eigenvalue weighted by atomic mass is 16.6. The fourth-order valence-electron chi connectivity index (χ4n) is 3.87. The van der Waals surface area contributed by atoms with Gasteiger partial charge < -0.3 is 14.4 Å². The normalized spacial score (nSPS) is 16.7. The van der Waals surface area contributed by atoms with E-state index < -0.39 is 4.92 Å². The number of benzene rings is 1. The summed E-state index contributed by atoms with van der Waals surface area (Å²) in [5, 5.41) is 11.7. The number of hydrogen-bond acceptors (Lipinski definition) is 6. The Kier molecular flexibility index (Phi) is 5.79. The predicted molar refractivity (Wildman–Crippen MR) is 108 cm³/mol. The molecular formula is C20H27N5O3. The van der Waals surface area contributed by atoms with E-state index >= 15 is 0 Å². The van der Waals surface area contributed by atoms with Crippen LogP contribution in [0.25, 0.3) is 0 Å². The van der Waals surface area contributed by atoms with Crippen LogP contribution in [0, 0.1) is 16.0 Å². The number of imidazole rings is 1. The van der Waals surface area contributed by atoms with Crippen molar-refractivity contribution in [1.82, 2.24) is 14.5 Å². The van der Waals surface area contributed by atoms with E-state index in [2.05, 4.69) is 23.9 Å². The summed E-state index contributed by atoms with van der Waals surface area (Å²) in [6.45, 7) is 4.21. The van der Waals surface area contributed by atoms with Gasteiger partial charge in [0.25, 0.3) is 5.69 Å². The highest BCUT2D eigenvalue weighted by Gasteiger charge is 2.29. The molecule has 0 bridgehead atoms. The molecule has 1 atom stereocenters. The van der Waals surface area contributed by atoms with Crippen LogP contribution in [0.1, 0.15) is 35.9 Å². The molecule has 0 spiro atoms. The molecule has 0 amide bonds. The minimum Gasteiger partial charge on any atom is -0.366 e. The maximum absolute atomic E-state index is 12.7. The molecule has 1 aliphatic rings. The average Bonchev–Trinajstić information content (AvgIpc) is 3.12. The van der Waals surface area contributed by atoms with Crippen LogP contribution in [-0.4, -0.2) is 58.4 Å². The van der Waals surface area contributed by atoms with Crippen LogP contribution >= 0.6 is 0 Å². The van der Waals surface area contributed by atoms with Gasteiger partial charge in [-0.2, -0.15) is 0 Å². The number of likely N-dealkylation sites (tertiary alicyclic amines) is 1. The van der Waals surface area contributed by atoms with Gasteiger partial charge >= 0.3 is 0 Å². The molecule has 0 saturated carbocycles. The number of ketones is 1. The SMILES string of the molecule is CC(C1CCN(C)CC1)N(C)c1ccc(C(=O)c2nccn2C)cc1[N+](=O)[O-]. The molecule has 1 aromatic carbocycles. The van der Waals surface area contributed by atoms with Gasteiger partial charge in [0.1, 0.15) is 5.69 Å². The molecule has 8 heteroatoms. The Morgan fingerprint density at radius 1 is 1.32 bits per heavy atom. The minimum atomic E-state index is -0.414. The molecule has 0 radical (unpaired) electrons. The van der Waals surface area contributed by atoms with E-state index in [0.717, 1.165) is 25.9 Å². The summed E-state index contributed by atoms with van der Waals surface area (Å²) in [6.07, 6.45) is 5.36. The zero-order valence-corrected chi connectivity index (χ0v) is 16.8. The number of hydrogen-bond donors (Lipinski definition) is 0. The van der Waals surface area contributed by atoms with Gasteiger partial charge in [-0.25, -0.2) is 4.98 Å². The van der Waals surface area contributed by atoms with Crippen molar-refractivity contribution in [2.45, 2.75) is 25.8 Å². The first-order valence-corrected chi connectivity index (χ1v) is 9.51. The molecule has 1 aliphatic heterocycles. The standard InChI is InChI=1S/C20H27N5O3/c1-14(15-7-10-22(2)11-8-15)24(4)17-6-5-16(13-18(17)25(27)28)19(26)20-21-9-12-23(20)3/h5-6,9,12-15H,7-8,10-11H2,1-4H3. The largest absolute Gasteiger partial charge is 0.366 e. The van der Waals surface area contributed by atoms with E-state index in [4.69, 9.17) is 0 Å². The van der Waals surface area contributed by atoms with Crippen LogP contribution in [0.2, 0.25) is 0 Å². The summed E-state index contributed by atoms with van der Waals surface area (Å²) >= 11 is 0. The second kappa shape index (κ2) is 8.10. The first-order chi connectivity index (χ1) is 13.3. The van der Waals surface area contributed by atoms with Gasteiger partial charge in [-0.15, -0.1) is 0 Å². The second-order valence-electron chi connectivity index (χ2n) is 7.64. The van der Waals surface area contributed by atoms with E-state index in [1.54, 1.807) is 29.9 Å². The summed E-state index contributed by atoms with van der Waals surface area (Å²) in [5.74, 6) is 0.415. The fourth-order valence-corrected chi connectivity index (χ4v) is 3.87. The third-order valence-electron chi connectivity index (χ3n) is 5.89. The first-order valence-electron chi connectivity index (χ1n) is 9.51. The molecular weight excluding hydrogens is 358 g/mol. The van der Waals surface area contributed by atoms with Crippen molar-refractivity contribution >= 4 is 17.2 Å². The van der Waals surface area contributed by atoms with Crippen molar-refractivity contribution in [3.05, 3.63) is 52.1 Å². The van der Waals surface area contributed by atoms with Crippen LogP contribution in [-0.2, 0) is 7.05 Å². The number of carbonyl (C=O) groups is 1. The van der Waals surface area contributed by atoms with Crippen LogP contribution < -0.4 is 4.90 Å². The maximum atomic E-state index is 12.7. The smallest absolute Gasteiger partial charge is 0.293 e. The molecule has 1 unspecified atom stereocenters. The van der Waals surface area contributed by atoms with Crippen LogP contribution in [0.15, 0.2) is 30.6 Å². The van der Waals surface area contributed by atoms with Crippen LogP contribution in [0.4, 0.5) is 11.4 Å². The Labute approximate surface area is 164 Å². The number of piperidine rings is 1. The molecule has 28 heavy (non-hydrogen) atoms. The van der Waals surface area contributed by atoms with Crippen LogP contribution in [0.3, 0.4) is 0 Å². The fraction of sp³-hybridized carbons (Fsp3) is 0.500. The molecule has 2 aromatic rings. The molecule has 0 N–H and O–H groups in total. The van der Waals surface area contributed by atoms with E-state index in [1.807, 2.05) is 11.9 Å². The lowest BCUT2D eigenvalue weighted by Crippen LogP contribution is -2.41. The lowest BCUT2D eigenvalue weighted by molar-refractivity contribution is -0.384. The summed E-state index contributed by atoms with van der Waals surface area (Å²) in [6, 6.07) is 4.87. The molecule has 150 valence electrons. The minimum absolute atomic E-state index is 0.0534. The number of nitrogens with zero attached hydrogens (tertiary/aromatic N) is 5. The molecule has 8 nitrogen and oxygen atoms in total. The van der Waals surface area contributed by atoms with Gasteiger partial charge in [0.05, 0.1) is 4.92 Å². The number of nitro groups is 1. The molecule has 1 fully saturated rings. The number of nitro benzene ring substituents is 1. The zero-order chi connectivity index (χ0) is 20.4. The van der Waals surface area contributed by atoms with Crippen molar-refractivity contribution in [2.75, 3.05) is 32.1 Å². The van der Waals surface area contributed by atoms with Crippen molar-refractivity contribution in [1.29, 1.82) is 0 Å². The summed E-state index contributed by atoms with van der Waals surface area (Å²) in [5.41, 5.74) is 0.750. The lowest BCUT2D eigenvalue weighted by atomic mass is 9.89. The number of aromatic nitrogens is 2.